The first kappa shape index (κ1) is 17.2. The van der Waals surface area contributed by atoms with Crippen LogP contribution in [0.1, 0.15) is 28.9 Å². The quantitative estimate of drug-likeness (QED) is 0.855. The van der Waals surface area contributed by atoms with Gasteiger partial charge in [0.25, 0.3) is 0 Å². The number of nitrogens with zero attached hydrogens (tertiary/aromatic N) is 3. The Balaban J connectivity index is 1.36. The predicted octanol–water partition coefficient (Wildman–Crippen LogP) is 1.36. The molecule has 2 saturated heterocycles. The van der Waals surface area contributed by atoms with Crippen LogP contribution in [-0.2, 0) is 16.1 Å². The van der Waals surface area contributed by atoms with E-state index in [1.165, 1.54) is 0 Å². The van der Waals surface area contributed by atoms with Crippen molar-refractivity contribution in [2.75, 3.05) is 26.2 Å². The molecular weight excluding hydrogens is 352 g/mol. The van der Waals surface area contributed by atoms with Crippen molar-refractivity contribution in [1.82, 2.24) is 20.1 Å². The molecule has 7 nitrogen and oxygen atoms in total. The molecule has 2 aliphatic rings. The summed E-state index contributed by atoms with van der Waals surface area (Å²) in [6, 6.07) is 3.40. The van der Waals surface area contributed by atoms with Crippen LogP contribution in [0.5, 0.6) is 0 Å². The summed E-state index contributed by atoms with van der Waals surface area (Å²) in [6.45, 7) is 5.14. The molecule has 2 amide bonds. The van der Waals surface area contributed by atoms with E-state index in [9.17, 15) is 9.59 Å². The van der Waals surface area contributed by atoms with E-state index in [0.717, 1.165) is 16.5 Å². The van der Waals surface area contributed by atoms with Gasteiger partial charge in [0.05, 0.1) is 24.0 Å². The standard InChI is InChI=1S/C18H22N4O3S/c1-12-2-3-14(25-12)11-21-6-4-19-17(24)15(21)8-16(23)22-9-13(10-22)18-20-5-7-26-18/h2-3,5,7,13,15H,4,6,8-11H2,1H3,(H,19,24). The van der Waals surface area contributed by atoms with E-state index in [1.807, 2.05) is 34.2 Å². The van der Waals surface area contributed by atoms with E-state index < -0.39 is 6.04 Å². The molecule has 0 aromatic carbocycles. The second kappa shape index (κ2) is 7.20. The molecule has 138 valence electrons. The number of amides is 2. The van der Waals surface area contributed by atoms with Gasteiger partial charge >= 0.3 is 0 Å². The van der Waals surface area contributed by atoms with Crippen LogP contribution in [0, 0.1) is 6.92 Å². The molecule has 8 heteroatoms. The molecule has 0 radical (unpaired) electrons. The Bertz CT molecular complexity index is 782. The van der Waals surface area contributed by atoms with Crippen LogP contribution < -0.4 is 5.32 Å². The van der Waals surface area contributed by atoms with E-state index in [4.69, 9.17) is 4.42 Å². The highest BCUT2D eigenvalue weighted by Gasteiger charge is 2.38. The summed E-state index contributed by atoms with van der Waals surface area (Å²) in [5.41, 5.74) is 0. The van der Waals surface area contributed by atoms with E-state index >= 15 is 0 Å². The second-order valence-electron chi connectivity index (χ2n) is 6.86. The van der Waals surface area contributed by atoms with E-state index in [0.29, 0.717) is 38.6 Å². The number of piperazine rings is 1. The summed E-state index contributed by atoms with van der Waals surface area (Å²) in [7, 11) is 0. The van der Waals surface area contributed by atoms with Gasteiger partial charge in [0.15, 0.2) is 0 Å². The minimum atomic E-state index is -0.444. The van der Waals surface area contributed by atoms with Crippen molar-refractivity contribution in [3.8, 4) is 0 Å². The molecule has 2 aliphatic heterocycles. The maximum Gasteiger partial charge on any atom is 0.237 e. The highest BCUT2D eigenvalue weighted by Crippen LogP contribution is 2.29. The van der Waals surface area contributed by atoms with Crippen molar-refractivity contribution in [2.24, 2.45) is 0 Å². The van der Waals surface area contributed by atoms with Gasteiger partial charge in [0.2, 0.25) is 11.8 Å². The SMILES string of the molecule is Cc1ccc(CN2CCNC(=O)C2CC(=O)N2CC(c3nccs3)C2)o1. The van der Waals surface area contributed by atoms with Crippen LogP contribution in [0.4, 0.5) is 0 Å². The van der Waals surface area contributed by atoms with Gasteiger partial charge in [-0.3, -0.25) is 14.5 Å². The monoisotopic (exact) mass is 374 g/mol. The van der Waals surface area contributed by atoms with Gasteiger partial charge in [0.1, 0.15) is 11.5 Å². The zero-order valence-corrected chi connectivity index (χ0v) is 15.5. The lowest BCUT2D eigenvalue weighted by atomic mass is 9.99. The van der Waals surface area contributed by atoms with Gasteiger partial charge in [0, 0.05) is 43.7 Å². The highest BCUT2D eigenvalue weighted by molar-refractivity contribution is 7.09. The first-order chi connectivity index (χ1) is 12.6. The summed E-state index contributed by atoms with van der Waals surface area (Å²) >= 11 is 1.63. The number of hydrogen-bond acceptors (Lipinski definition) is 6. The number of carbonyl (C=O) groups excluding carboxylic acids is 2. The van der Waals surface area contributed by atoms with Crippen molar-refractivity contribution in [1.29, 1.82) is 0 Å². The Labute approximate surface area is 156 Å². The number of thiazole rings is 1. The molecule has 26 heavy (non-hydrogen) atoms. The van der Waals surface area contributed by atoms with E-state index in [2.05, 4.69) is 10.3 Å². The van der Waals surface area contributed by atoms with E-state index in [1.54, 1.807) is 17.5 Å². The van der Waals surface area contributed by atoms with Crippen molar-refractivity contribution in [3.63, 3.8) is 0 Å². The van der Waals surface area contributed by atoms with Gasteiger partial charge < -0.3 is 14.6 Å². The molecule has 4 rings (SSSR count). The van der Waals surface area contributed by atoms with Crippen LogP contribution in [0.25, 0.3) is 0 Å². The normalized spacial score (nSPS) is 21.5. The van der Waals surface area contributed by atoms with Crippen LogP contribution in [0.3, 0.4) is 0 Å². The Morgan fingerprint density at radius 3 is 2.96 bits per heavy atom. The molecule has 1 N–H and O–H groups in total. The van der Waals surface area contributed by atoms with Crippen LogP contribution in [0.2, 0.25) is 0 Å². The molecule has 0 bridgehead atoms. The van der Waals surface area contributed by atoms with Gasteiger partial charge in [-0.2, -0.15) is 0 Å². The molecule has 1 unspecified atom stereocenters. The molecule has 1 atom stereocenters. The largest absolute Gasteiger partial charge is 0.465 e. The van der Waals surface area contributed by atoms with Gasteiger partial charge in [-0.05, 0) is 19.1 Å². The lowest BCUT2D eigenvalue weighted by Crippen LogP contribution is -2.57. The van der Waals surface area contributed by atoms with Crippen LogP contribution in [0.15, 0.2) is 28.1 Å². The summed E-state index contributed by atoms with van der Waals surface area (Å²) in [5, 5.41) is 5.92. The molecule has 0 spiro atoms. The molecule has 2 aromatic heterocycles. The summed E-state index contributed by atoms with van der Waals surface area (Å²) in [4.78, 5) is 33.2. The maximum absolute atomic E-state index is 12.6. The Morgan fingerprint density at radius 1 is 1.42 bits per heavy atom. The first-order valence-electron chi connectivity index (χ1n) is 8.84. The summed E-state index contributed by atoms with van der Waals surface area (Å²) in [5.74, 6) is 1.96. The van der Waals surface area contributed by atoms with Gasteiger partial charge in [-0.1, -0.05) is 0 Å². The number of furan rings is 1. The molecular formula is C18H22N4O3S. The maximum atomic E-state index is 12.6. The number of likely N-dealkylation sites (tertiary alicyclic amines) is 1. The first-order valence-corrected chi connectivity index (χ1v) is 9.72. The summed E-state index contributed by atoms with van der Waals surface area (Å²) in [6.07, 6.45) is 2.00. The van der Waals surface area contributed by atoms with Gasteiger partial charge in [-0.25, -0.2) is 4.98 Å². The Morgan fingerprint density at radius 2 is 2.27 bits per heavy atom. The third-order valence-electron chi connectivity index (χ3n) is 5.00. The number of rotatable bonds is 5. The molecule has 4 heterocycles. The molecule has 0 saturated carbocycles. The Kier molecular flexibility index (Phi) is 4.78. The Hall–Kier alpha value is -2.19. The third-order valence-corrected chi connectivity index (χ3v) is 5.94. The van der Waals surface area contributed by atoms with Crippen molar-refractivity contribution in [3.05, 3.63) is 40.2 Å². The summed E-state index contributed by atoms with van der Waals surface area (Å²) < 4.78 is 5.64. The van der Waals surface area contributed by atoms with Gasteiger partial charge in [-0.15, -0.1) is 11.3 Å². The molecule has 2 aromatic rings. The second-order valence-corrected chi connectivity index (χ2v) is 7.79. The fourth-order valence-electron chi connectivity index (χ4n) is 3.51. The number of nitrogens with one attached hydrogen (secondary N) is 1. The lowest BCUT2D eigenvalue weighted by molar-refractivity contribution is -0.142. The zero-order valence-electron chi connectivity index (χ0n) is 14.7. The number of hydrogen-bond donors (Lipinski definition) is 1. The highest BCUT2D eigenvalue weighted by atomic mass is 32.1. The molecule has 2 fully saturated rings. The fourth-order valence-corrected chi connectivity index (χ4v) is 4.24. The van der Waals surface area contributed by atoms with Crippen molar-refractivity contribution < 1.29 is 14.0 Å². The third kappa shape index (κ3) is 3.52. The topological polar surface area (TPSA) is 78.7 Å². The smallest absolute Gasteiger partial charge is 0.237 e. The zero-order chi connectivity index (χ0) is 18.1. The average molecular weight is 374 g/mol. The van der Waals surface area contributed by atoms with Crippen LogP contribution in [-0.4, -0.2) is 58.8 Å². The lowest BCUT2D eigenvalue weighted by Gasteiger charge is -2.40. The molecule has 0 aliphatic carbocycles. The number of carbonyl (C=O) groups is 2. The number of aromatic nitrogens is 1. The average Bonchev–Trinajstić information content (AvgIpc) is 3.21. The number of aryl methyl sites for hydroxylation is 1. The minimum absolute atomic E-state index is 0.0282. The van der Waals surface area contributed by atoms with Crippen LogP contribution >= 0.6 is 11.3 Å². The van der Waals surface area contributed by atoms with Crippen molar-refractivity contribution in [2.45, 2.75) is 31.8 Å². The fraction of sp³-hybridized carbons (Fsp3) is 0.500. The van der Waals surface area contributed by atoms with E-state index in [-0.39, 0.29) is 18.2 Å². The minimum Gasteiger partial charge on any atom is -0.465 e. The van der Waals surface area contributed by atoms with Crippen molar-refractivity contribution >= 4 is 23.2 Å². The predicted molar refractivity (Wildman–Crippen MR) is 96.7 cm³/mol.